The summed E-state index contributed by atoms with van der Waals surface area (Å²) in [5, 5.41) is 13.4. The average molecular weight is 230 g/mol. The molecule has 1 heterocycles. The van der Waals surface area contributed by atoms with Crippen LogP contribution in [0.3, 0.4) is 0 Å². The summed E-state index contributed by atoms with van der Waals surface area (Å²) in [5.74, 6) is 1.18. The number of hydrogen-bond donors (Lipinski definition) is 2. The van der Waals surface area contributed by atoms with E-state index in [0.717, 1.165) is 0 Å². The molecule has 1 aliphatic heterocycles. The standard InChI is InChI=1S/C11H22N2OS/c1-7-4-9-10(5-8(7)6-14)15-11(12-2)13(9)3/h7-12,14H,4-6H2,1-3H3/t7-,8?,9+,10-,11?/m0/s1. The number of nitrogens with one attached hydrogen (secondary N) is 1. The number of fused-ring (bicyclic) bond motifs is 1. The summed E-state index contributed by atoms with van der Waals surface area (Å²) in [5.41, 5.74) is 0.463. The van der Waals surface area contributed by atoms with Crippen LogP contribution in [-0.4, -0.2) is 47.5 Å². The molecule has 1 aliphatic carbocycles. The van der Waals surface area contributed by atoms with Gasteiger partial charge in [0.2, 0.25) is 0 Å². The highest BCUT2D eigenvalue weighted by atomic mass is 32.2. The van der Waals surface area contributed by atoms with Crippen LogP contribution in [0.4, 0.5) is 0 Å². The van der Waals surface area contributed by atoms with E-state index in [-0.39, 0.29) is 0 Å². The van der Waals surface area contributed by atoms with E-state index in [4.69, 9.17) is 0 Å². The maximum absolute atomic E-state index is 9.33. The van der Waals surface area contributed by atoms with Gasteiger partial charge in [-0.15, -0.1) is 11.8 Å². The van der Waals surface area contributed by atoms with Crippen LogP contribution in [0.15, 0.2) is 0 Å². The molecule has 15 heavy (non-hydrogen) atoms. The SMILES string of the molecule is CNC1S[C@H]2CC(CO)[C@@H](C)C[C@H]2N1C. The number of aliphatic hydroxyl groups is 1. The number of thioether (sulfide) groups is 1. The van der Waals surface area contributed by atoms with Crippen molar-refractivity contribution in [3.63, 3.8) is 0 Å². The van der Waals surface area contributed by atoms with Gasteiger partial charge >= 0.3 is 0 Å². The van der Waals surface area contributed by atoms with Crippen LogP contribution in [0.5, 0.6) is 0 Å². The number of nitrogens with zero attached hydrogens (tertiary/aromatic N) is 1. The first kappa shape index (κ1) is 11.7. The van der Waals surface area contributed by atoms with E-state index in [1.54, 1.807) is 0 Å². The highest BCUT2D eigenvalue weighted by Crippen LogP contribution is 2.44. The van der Waals surface area contributed by atoms with Crippen molar-refractivity contribution < 1.29 is 5.11 Å². The maximum Gasteiger partial charge on any atom is 0.108 e. The Balaban J connectivity index is 2.04. The Bertz CT molecular complexity index is 225. The molecule has 2 fully saturated rings. The van der Waals surface area contributed by atoms with E-state index >= 15 is 0 Å². The minimum Gasteiger partial charge on any atom is -0.396 e. The zero-order valence-corrected chi connectivity index (χ0v) is 10.6. The Labute approximate surface area is 96.6 Å². The second kappa shape index (κ2) is 4.62. The molecule has 5 atom stereocenters. The Morgan fingerprint density at radius 3 is 2.80 bits per heavy atom. The number of rotatable bonds is 2. The zero-order chi connectivity index (χ0) is 11.0. The van der Waals surface area contributed by atoms with Gasteiger partial charge in [-0.2, -0.15) is 0 Å². The van der Waals surface area contributed by atoms with E-state index < -0.39 is 0 Å². The van der Waals surface area contributed by atoms with Crippen molar-refractivity contribution in [2.24, 2.45) is 11.8 Å². The largest absolute Gasteiger partial charge is 0.396 e. The van der Waals surface area contributed by atoms with Crippen molar-refractivity contribution in [1.29, 1.82) is 0 Å². The van der Waals surface area contributed by atoms with Crippen molar-refractivity contribution >= 4 is 11.8 Å². The summed E-state index contributed by atoms with van der Waals surface area (Å²) >= 11 is 2.03. The Morgan fingerprint density at radius 2 is 2.20 bits per heavy atom. The van der Waals surface area contributed by atoms with Gasteiger partial charge < -0.3 is 5.11 Å². The van der Waals surface area contributed by atoms with Gasteiger partial charge in [-0.3, -0.25) is 10.2 Å². The third-order valence-electron chi connectivity index (χ3n) is 4.06. The number of hydrogen-bond acceptors (Lipinski definition) is 4. The summed E-state index contributed by atoms with van der Waals surface area (Å²) in [6, 6.07) is 0.699. The van der Waals surface area contributed by atoms with Crippen LogP contribution in [-0.2, 0) is 0 Å². The lowest BCUT2D eigenvalue weighted by Gasteiger charge is -2.37. The molecular weight excluding hydrogens is 208 g/mol. The fourth-order valence-electron chi connectivity index (χ4n) is 2.95. The molecule has 0 aromatic heterocycles. The molecule has 2 rings (SSSR count). The normalized spacial score (nSPS) is 46.8. The summed E-state index contributed by atoms with van der Waals surface area (Å²) in [6.07, 6.45) is 2.41. The molecule has 2 unspecified atom stereocenters. The Morgan fingerprint density at radius 1 is 1.47 bits per heavy atom. The second-order valence-corrected chi connectivity index (χ2v) is 6.26. The first-order chi connectivity index (χ1) is 7.17. The van der Waals surface area contributed by atoms with Crippen LogP contribution in [0.2, 0.25) is 0 Å². The lowest BCUT2D eigenvalue weighted by Crippen LogP contribution is -2.45. The molecular formula is C11H22N2OS. The predicted molar refractivity (Wildman–Crippen MR) is 64.8 cm³/mol. The van der Waals surface area contributed by atoms with Gasteiger partial charge in [-0.1, -0.05) is 6.92 Å². The maximum atomic E-state index is 9.33. The monoisotopic (exact) mass is 230 g/mol. The molecule has 1 saturated heterocycles. The molecule has 4 heteroatoms. The average Bonchev–Trinajstić information content (AvgIpc) is 2.54. The molecule has 3 nitrogen and oxygen atoms in total. The van der Waals surface area contributed by atoms with Crippen molar-refractivity contribution in [1.82, 2.24) is 10.2 Å². The topological polar surface area (TPSA) is 35.5 Å². The smallest absolute Gasteiger partial charge is 0.108 e. The first-order valence-corrected chi connectivity index (χ1v) is 6.77. The third-order valence-corrected chi connectivity index (χ3v) is 5.74. The Kier molecular flexibility index (Phi) is 3.60. The summed E-state index contributed by atoms with van der Waals surface area (Å²) < 4.78 is 0. The fourth-order valence-corrected chi connectivity index (χ4v) is 4.61. The molecule has 0 aromatic carbocycles. The lowest BCUT2D eigenvalue weighted by atomic mass is 9.78. The summed E-state index contributed by atoms with van der Waals surface area (Å²) in [4.78, 5) is 2.46. The van der Waals surface area contributed by atoms with Gasteiger partial charge in [0, 0.05) is 17.9 Å². The van der Waals surface area contributed by atoms with Crippen molar-refractivity contribution in [2.45, 2.75) is 36.6 Å². The molecule has 0 aromatic rings. The van der Waals surface area contributed by atoms with E-state index in [2.05, 4.69) is 24.2 Å². The van der Waals surface area contributed by atoms with Crippen molar-refractivity contribution in [3.8, 4) is 0 Å². The van der Waals surface area contributed by atoms with Crippen molar-refractivity contribution in [2.75, 3.05) is 20.7 Å². The van der Waals surface area contributed by atoms with Crippen molar-refractivity contribution in [3.05, 3.63) is 0 Å². The third kappa shape index (κ3) is 2.05. The Hall–Kier alpha value is 0.230. The van der Waals surface area contributed by atoms with Gasteiger partial charge in [0.15, 0.2) is 0 Å². The van der Waals surface area contributed by atoms with Crippen LogP contribution in [0.25, 0.3) is 0 Å². The van der Waals surface area contributed by atoms with Crippen LogP contribution >= 0.6 is 11.8 Å². The fraction of sp³-hybridized carbons (Fsp3) is 1.00. The van der Waals surface area contributed by atoms with Gasteiger partial charge in [-0.05, 0) is 38.8 Å². The molecule has 0 radical (unpaired) electrons. The van der Waals surface area contributed by atoms with E-state index in [1.807, 2.05) is 18.8 Å². The quantitative estimate of drug-likeness (QED) is 0.740. The molecule has 0 amide bonds. The minimum absolute atomic E-state index is 0.360. The van der Waals surface area contributed by atoms with Crippen LogP contribution < -0.4 is 5.32 Å². The molecule has 2 N–H and O–H groups in total. The molecule has 88 valence electrons. The predicted octanol–water partition coefficient (Wildman–Crippen LogP) is 0.944. The van der Waals surface area contributed by atoms with Gasteiger partial charge in [0.1, 0.15) is 5.50 Å². The molecule has 2 aliphatic rings. The highest BCUT2D eigenvalue weighted by Gasteiger charge is 2.44. The lowest BCUT2D eigenvalue weighted by molar-refractivity contribution is 0.0949. The van der Waals surface area contributed by atoms with Crippen LogP contribution in [0.1, 0.15) is 19.8 Å². The molecule has 0 bridgehead atoms. The van der Waals surface area contributed by atoms with E-state index in [9.17, 15) is 5.11 Å². The summed E-state index contributed by atoms with van der Waals surface area (Å²) in [6.45, 7) is 2.64. The van der Waals surface area contributed by atoms with Gasteiger partial charge in [-0.25, -0.2) is 0 Å². The molecule has 1 saturated carbocycles. The van der Waals surface area contributed by atoms with Gasteiger partial charge in [0.05, 0.1) is 0 Å². The summed E-state index contributed by atoms with van der Waals surface area (Å²) in [7, 11) is 4.24. The van der Waals surface area contributed by atoms with Gasteiger partial charge in [0.25, 0.3) is 0 Å². The first-order valence-electron chi connectivity index (χ1n) is 5.83. The zero-order valence-electron chi connectivity index (χ0n) is 9.81. The van der Waals surface area contributed by atoms with Crippen LogP contribution in [0, 0.1) is 11.8 Å². The number of aliphatic hydroxyl groups excluding tert-OH is 1. The van der Waals surface area contributed by atoms with E-state index in [0.29, 0.717) is 35.2 Å². The minimum atomic E-state index is 0.360. The second-order valence-electron chi connectivity index (χ2n) is 4.94. The molecule has 0 spiro atoms. The van der Waals surface area contributed by atoms with E-state index in [1.165, 1.54) is 12.8 Å². The highest BCUT2D eigenvalue weighted by molar-refractivity contribution is 8.00.